The lowest BCUT2D eigenvalue weighted by atomic mass is 10.3. The van der Waals surface area contributed by atoms with Crippen LogP contribution < -0.4 is 15.8 Å². The Morgan fingerprint density at radius 2 is 1.84 bits per heavy atom. The van der Waals surface area contributed by atoms with Crippen LogP contribution in [-0.2, 0) is 6.54 Å². The first-order valence-corrected chi connectivity index (χ1v) is 7.70. The van der Waals surface area contributed by atoms with Crippen LogP contribution in [0, 0.1) is 5.82 Å². The molecule has 126 valence electrons. The number of nitrogens with one attached hydrogen (secondary N) is 1. The van der Waals surface area contributed by atoms with Gasteiger partial charge in [0, 0.05) is 18.0 Å². The van der Waals surface area contributed by atoms with Gasteiger partial charge in [0.2, 0.25) is 0 Å². The molecule has 0 bridgehead atoms. The number of nitrogens with two attached hydrogens (primary N) is 1. The van der Waals surface area contributed by atoms with Crippen molar-refractivity contribution in [1.82, 2.24) is 4.98 Å². The summed E-state index contributed by atoms with van der Waals surface area (Å²) in [5.41, 5.74) is 6.82. The summed E-state index contributed by atoms with van der Waals surface area (Å²) in [6.45, 7) is 0.0612. The smallest absolute Gasteiger partial charge is 0.193 e. The van der Waals surface area contributed by atoms with Gasteiger partial charge >= 0.3 is 0 Å². The molecule has 0 aliphatic carbocycles. The van der Waals surface area contributed by atoms with Gasteiger partial charge in [-0.25, -0.2) is 9.38 Å². The van der Waals surface area contributed by atoms with Crippen LogP contribution in [0.3, 0.4) is 0 Å². The molecule has 0 saturated heterocycles. The molecule has 3 aromatic rings. The standard InChI is InChI=1S/C19H17FN4O/c20-17-10-5-11-22-18(17)13-23-19(21)24-14-6-4-9-16(12-14)25-15-7-2-1-3-8-15/h1-12H,13H2,(H3,21,23,24). The van der Waals surface area contributed by atoms with Crippen LogP contribution in [0.5, 0.6) is 11.5 Å². The Kier molecular flexibility index (Phi) is 5.21. The van der Waals surface area contributed by atoms with E-state index in [0.717, 1.165) is 11.4 Å². The maximum atomic E-state index is 13.5. The molecule has 0 saturated carbocycles. The molecule has 0 unspecified atom stereocenters. The van der Waals surface area contributed by atoms with Crippen molar-refractivity contribution in [2.24, 2.45) is 10.7 Å². The van der Waals surface area contributed by atoms with Gasteiger partial charge in [0.15, 0.2) is 5.96 Å². The van der Waals surface area contributed by atoms with Crippen molar-refractivity contribution in [3.8, 4) is 11.5 Å². The van der Waals surface area contributed by atoms with Crippen molar-refractivity contribution >= 4 is 11.6 Å². The molecule has 0 atom stereocenters. The molecule has 5 nitrogen and oxygen atoms in total. The fourth-order valence-electron chi connectivity index (χ4n) is 2.14. The number of para-hydroxylation sites is 1. The Bertz CT molecular complexity index is 868. The lowest BCUT2D eigenvalue weighted by Gasteiger charge is -2.09. The molecule has 3 N–H and O–H groups in total. The number of ether oxygens (including phenoxy) is 1. The molecule has 1 heterocycles. The number of guanidine groups is 1. The molecular weight excluding hydrogens is 319 g/mol. The second-order valence-corrected chi connectivity index (χ2v) is 5.20. The van der Waals surface area contributed by atoms with Gasteiger partial charge in [0.1, 0.15) is 17.3 Å². The second kappa shape index (κ2) is 7.92. The third-order valence-corrected chi connectivity index (χ3v) is 3.32. The van der Waals surface area contributed by atoms with Crippen molar-refractivity contribution < 1.29 is 9.13 Å². The molecule has 0 aliphatic rings. The molecule has 2 aromatic carbocycles. The van der Waals surface area contributed by atoms with Gasteiger partial charge in [-0.15, -0.1) is 0 Å². The van der Waals surface area contributed by atoms with E-state index < -0.39 is 5.82 Å². The number of halogens is 1. The van der Waals surface area contributed by atoms with Crippen LogP contribution in [0.1, 0.15) is 5.69 Å². The van der Waals surface area contributed by atoms with E-state index in [9.17, 15) is 4.39 Å². The normalized spacial score (nSPS) is 11.2. The van der Waals surface area contributed by atoms with Gasteiger partial charge in [-0.3, -0.25) is 4.98 Å². The van der Waals surface area contributed by atoms with Crippen molar-refractivity contribution in [3.05, 3.63) is 84.4 Å². The third-order valence-electron chi connectivity index (χ3n) is 3.32. The van der Waals surface area contributed by atoms with E-state index in [-0.39, 0.29) is 18.2 Å². The molecular formula is C19H17FN4O. The first-order chi connectivity index (χ1) is 12.2. The summed E-state index contributed by atoms with van der Waals surface area (Å²) < 4.78 is 19.3. The molecule has 0 radical (unpaired) electrons. The summed E-state index contributed by atoms with van der Waals surface area (Å²) in [5, 5.41) is 2.96. The van der Waals surface area contributed by atoms with Gasteiger partial charge in [0.05, 0.1) is 12.2 Å². The fraction of sp³-hybridized carbons (Fsp3) is 0.0526. The highest BCUT2D eigenvalue weighted by Crippen LogP contribution is 2.23. The zero-order valence-corrected chi connectivity index (χ0v) is 13.4. The average molecular weight is 336 g/mol. The summed E-state index contributed by atoms with van der Waals surface area (Å²) in [6.07, 6.45) is 1.52. The quantitative estimate of drug-likeness (QED) is 0.547. The predicted molar refractivity (Wildman–Crippen MR) is 96.1 cm³/mol. The highest BCUT2D eigenvalue weighted by atomic mass is 19.1. The van der Waals surface area contributed by atoms with Gasteiger partial charge in [-0.2, -0.15) is 0 Å². The molecule has 0 amide bonds. The number of aromatic nitrogens is 1. The van der Waals surface area contributed by atoms with Gasteiger partial charge in [0.25, 0.3) is 0 Å². The van der Waals surface area contributed by atoms with Crippen molar-refractivity contribution in [3.63, 3.8) is 0 Å². The topological polar surface area (TPSA) is 72.5 Å². The van der Waals surface area contributed by atoms with E-state index in [1.165, 1.54) is 18.3 Å². The lowest BCUT2D eigenvalue weighted by molar-refractivity contribution is 0.483. The largest absolute Gasteiger partial charge is 0.457 e. The summed E-state index contributed by atoms with van der Waals surface area (Å²) in [4.78, 5) is 8.04. The molecule has 0 fully saturated rings. The molecule has 6 heteroatoms. The number of pyridine rings is 1. The maximum Gasteiger partial charge on any atom is 0.193 e. The van der Waals surface area contributed by atoms with E-state index in [1.807, 2.05) is 48.5 Å². The number of benzene rings is 2. The molecule has 0 aliphatic heterocycles. The maximum absolute atomic E-state index is 13.5. The third kappa shape index (κ3) is 4.78. The second-order valence-electron chi connectivity index (χ2n) is 5.20. The fourth-order valence-corrected chi connectivity index (χ4v) is 2.14. The number of hydrogen-bond acceptors (Lipinski definition) is 3. The summed E-state index contributed by atoms with van der Waals surface area (Å²) in [6, 6.07) is 19.7. The minimum Gasteiger partial charge on any atom is -0.457 e. The number of anilines is 1. The Labute approximate surface area is 145 Å². The zero-order valence-electron chi connectivity index (χ0n) is 13.4. The number of nitrogens with zero attached hydrogens (tertiary/aromatic N) is 2. The zero-order chi connectivity index (χ0) is 17.5. The number of aliphatic imine (C=N–C) groups is 1. The Morgan fingerprint density at radius 3 is 2.64 bits per heavy atom. The van der Waals surface area contributed by atoms with Gasteiger partial charge < -0.3 is 15.8 Å². The van der Waals surface area contributed by atoms with E-state index in [0.29, 0.717) is 5.75 Å². The van der Waals surface area contributed by atoms with E-state index in [2.05, 4.69) is 15.3 Å². The van der Waals surface area contributed by atoms with Gasteiger partial charge in [-0.05, 0) is 36.4 Å². The summed E-state index contributed by atoms with van der Waals surface area (Å²) in [7, 11) is 0. The highest BCUT2D eigenvalue weighted by molar-refractivity contribution is 5.92. The molecule has 0 spiro atoms. The van der Waals surface area contributed by atoms with Crippen LogP contribution >= 0.6 is 0 Å². The minimum atomic E-state index is -0.405. The highest BCUT2D eigenvalue weighted by Gasteiger charge is 2.03. The first kappa shape index (κ1) is 16.4. The molecule has 1 aromatic heterocycles. The van der Waals surface area contributed by atoms with Crippen LogP contribution in [0.4, 0.5) is 10.1 Å². The first-order valence-electron chi connectivity index (χ1n) is 7.70. The Hall–Kier alpha value is -3.41. The van der Waals surface area contributed by atoms with Crippen molar-refractivity contribution in [1.29, 1.82) is 0 Å². The lowest BCUT2D eigenvalue weighted by Crippen LogP contribution is -2.22. The van der Waals surface area contributed by atoms with Crippen LogP contribution in [0.2, 0.25) is 0 Å². The summed E-state index contributed by atoms with van der Waals surface area (Å²) in [5.74, 6) is 1.17. The van der Waals surface area contributed by atoms with Crippen LogP contribution in [0.15, 0.2) is 77.9 Å². The van der Waals surface area contributed by atoms with Crippen molar-refractivity contribution in [2.75, 3.05) is 5.32 Å². The SMILES string of the molecule is NC(=NCc1ncccc1F)Nc1cccc(Oc2ccccc2)c1. The number of rotatable bonds is 5. The molecule has 25 heavy (non-hydrogen) atoms. The monoisotopic (exact) mass is 336 g/mol. The average Bonchev–Trinajstić information content (AvgIpc) is 2.62. The Morgan fingerprint density at radius 1 is 1.04 bits per heavy atom. The summed E-state index contributed by atoms with van der Waals surface area (Å²) >= 11 is 0. The minimum absolute atomic E-state index is 0.0612. The van der Waals surface area contributed by atoms with E-state index in [4.69, 9.17) is 10.5 Å². The molecule has 3 rings (SSSR count). The van der Waals surface area contributed by atoms with Crippen LogP contribution in [-0.4, -0.2) is 10.9 Å². The van der Waals surface area contributed by atoms with E-state index in [1.54, 1.807) is 6.07 Å². The van der Waals surface area contributed by atoms with E-state index >= 15 is 0 Å². The number of hydrogen-bond donors (Lipinski definition) is 2. The van der Waals surface area contributed by atoms with Crippen LogP contribution in [0.25, 0.3) is 0 Å². The van der Waals surface area contributed by atoms with Crippen molar-refractivity contribution in [2.45, 2.75) is 6.54 Å². The van der Waals surface area contributed by atoms with Gasteiger partial charge in [-0.1, -0.05) is 24.3 Å². The predicted octanol–water partition coefficient (Wildman–Crippen LogP) is 3.94. The Balaban J connectivity index is 1.65.